The normalized spacial score (nSPS) is 11.4. The second-order valence-corrected chi connectivity index (χ2v) is 4.79. The molecule has 3 N–H and O–H groups in total. The molecule has 0 amide bonds. The number of hydrogen-bond donors (Lipinski definition) is 2. The van der Waals surface area contributed by atoms with Crippen molar-refractivity contribution in [3.63, 3.8) is 0 Å². The molecule has 0 saturated heterocycles. The van der Waals surface area contributed by atoms with Crippen LogP contribution in [0.2, 0.25) is 5.02 Å². The summed E-state index contributed by atoms with van der Waals surface area (Å²) in [6.45, 7) is 2.26. The molecule has 0 unspecified atom stereocenters. The number of oxime groups is 1. The Bertz CT molecular complexity index is 642. The lowest BCUT2D eigenvalue weighted by molar-refractivity contribution is 0.301. The van der Waals surface area contributed by atoms with E-state index in [0.29, 0.717) is 22.9 Å². The van der Waals surface area contributed by atoms with Crippen LogP contribution in [0.1, 0.15) is 16.7 Å². The van der Waals surface area contributed by atoms with E-state index >= 15 is 0 Å². The number of halogens is 1. The maximum Gasteiger partial charge on any atom is 0.173 e. The van der Waals surface area contributed by atoms with E-state index in [1.165, 1.54) is 0 Å². The van der Waals surface area contributed by atoms with Crippen molar-refractivity contribution >= 4 is 17.4 Å². The van der Waals surface area contributed by atoms with Gasteiger partial charge >= 0.3 is 0 Å². The van der Waals surface area contributed by atoms with Gasteiger partial charge in [-0.3, -0.25) is 0 Å². The number of benzene rings is 2. The topological polar surface area (TPSA) is 67.8 Å². The summed E-state index contributed by atoms with van der Waals surface area (Å²) >= 11 is 5.93. The van der Waals surface area contributed by atoms with E-state index in [4.69, 9.17) is 27.3 Å². The molecule has 0 bridgehead atoms. The fraction of sp³-hybridized carbons (Fsp3) is 0.133. The van der Waals surface area contributed by atoms with Crippen molar-refractivity contribution in [2.24, 2.45) is 10.9 Å². The molecule has 2 aromatic rings. The zero-order valence-corrected chi connectivity index (χ0v) is 11.8. The molecule has 0 radical (unpaired) electrons. The van der Waals surface area contributed by atoms with E-state index < -0.39 is 0 Å². The van der Waals surface area contributed by atoms with Crippen LogP contribution in [0.15, 0.2) is 47.6 Å². The standard InChI is InChI=1S/C15H15ClN2O2/c1-10-4-2-7-13(15(17)18-19)14(10)20-9-11-5-3-6-12(16)8-11/h2-8,19H,9H2,1H3,(H2,17,18). The summed E-state index contributed by atoms with van der Waals surface area (Å²) in [5, 5.41) is 12.5. The van der Waals surface area contributed by atoms with Crippen molar-refractivity contribution in [2.75, 3.05) is 0 Å². The Kier molecular flexibility index (Phi) is 4.48. The molecule has 0 atom stereocenters. The summed E-state index contributed by atoms with van der Waals surface area (Å²) in [5.41, 5.74) is 8.08. The van der Waals surface area contributed by atoms with E-state index in [9.17, 15) is 0 Å². The summed E-state index contributed by atoms with van der Waals surface area (Å²) in [7, 11) is 0. The van der Waals surface area contributed by atoms with Crippen LogP contribution in [0.25, 0.3) is 0 Å². The van der Waals surface area contributed by atoms with Gasteiger partial charge < -0.3 is 15.7 Å². The first-order valence-corrected chi connectivity index (χ1v) is 6.44. The molecule has 0 fully saturated rings. The molecule has 20 heavy (non-hydrogen) atoms. The van der Waals surface area contributed by atoms with E-state index in [0.717, 1.165) is 11.1 Å². The summed E-state index contributed by atoms with van der Waals surface area (Å²) in [5.74, 6) is 0.623. The minimum atomic E-state index is 0.0230. The van der Waals surface area contributed by atoms with Crippen molar-refractivity contribution in [1.82, 2.24) is 0 Å². The third-order valence-electron chi connectivity index (χ3n) is 2.87. The van der Waals surface area contributed by atoms with Crippen LogP contribution in [0.3, 0.4) is 0 Å². The zero-order chi connectivity index (χ0) is 14.5. The van der Waals surface area contributed by atoms with Crippen molar-refractivity contribution in [3.8, 4) is 5.75 Å². The van der Waals surface area contributed by atoms with Gasteiger partial charge in [-0.05, 0) is 36.2 Å². The van der Waals surface area contributed by atoms with E-state index in [2.05, 4.69) is 5.16 Å². The third-order valence-corrected chi connectivity index (χ3v) is 3.10. The van der Waals surface area contributed by atoms with Crippen molar-refractivity contribution in [3.05, 3.63) is 64.2 Å². The molecule has 0 aromatic heterocycles. The van der Waals surface area contributed by atoms with Crippen LogP contribution in [-0.2, 0) is 6.61 Å². The quantitative estimate of drug-likeness (QED) is 0.393. The monoisotopic (exact) mass is 290 g/mol. The van der Waals surface area contributed by atoms with E-state index in [1.807, 2.05) is 37.3 Å². The zero-order valence-electron chi connectivity index (χ0n) is 11.0. The van der Waals surface area contributed by atoms with Crippen molar-refractivity contribution in [2.45, 2.75) is 13.5 Å². The van der Waals surface area contributed by atoms with E-state index in [1.54, 1.807) is 12.1 Å². The third kappa shape index (κ3) is 3.22. The Morgan fingerprint density at radius 1 is 1.30 bits per heavy atom. The number of rotatable bonds is 4. The second-order valence-electron chi connectivity index (χ2n) is 4.36. The predicted octanol–water partition coefficient (Wildman–Crippen LogP) is 3.32. The molecule has 2 aromatic carbocycles. The summed E-state index contributed by atoms with van der Waals surface area (Å²) in [4.78, 5) is 0. The lowest BCUT2D eigenvalue weighted by Gasteiger charge is -2.13. The first-order valence-electron chi connectivity index (χ1n) is 6.06. The van der Waals surface area contributed by atoms with Crippen LogP contribution in [-0.4, -0.2) is 11.0 Å². The number of aryl methyl sites for hydroxylation is 1. The first kappa shape index (κ1) is 14.2. The van der Waals surface area contributed by atoms with Gasteiger partial charge in [-0.25, -0.2) is 0 Å². The number of nitrogens with zero attached hydrogens (tertiary/aromatic N) is 1. The van der Waals surface area contributed by atoms with E-state index in [-0.39, 0.29) is 5.84 Å². The number of nitrogens with two attached hydrogens (primary N) is 1. The smallest absolute Gasteiger partial charge is 0.173 e. The average molecular weight is 291 g/mol. The maximum absolute atomic E-state index is 8.82. The second kappa shape index (κ2) is 6.30. The van der Waals surface area contributed by atoms with Crippen LogP contribution in [0, 0.1) is 6.92 Å². The van der Waals surface area contributed by atoms with Gasteiger partial charge in [-0.1, -0.05) is 41.0 Å². The Morgan fingerprint density at radius 2 is 2.05 bits per heavy atom. The molecular formula is C15H15ClN2O2. The maximum atomic E-state index is 8.82. The number of hydrogen-bond acceptors (Lipinski definition) is 3. The van der Waals surface area contributed by atoms with Gasteiger partial charge in [-0.15, -0.1) is 0 Å². The molecule has 0 aliphatic heterocycles. The highest BCUT2D eigenvalue weighted by Crippen LogP contribution is 2.24. The Morgan fingerprint density at radius 3 is 2.75 bits per heavy atom. The summed E-state index contributed by atoms with van der Waals surface area (Å²) in [6.07, 6.45) is 0. The molecule has 0 saturated carbocycles. The highest BCUT2D eigenvalue weighted by Gasteiger charge is 2.11. The summed E-state index contributed by atoms with van der Waals surface area (Å²) in [6, 6.07) is 12.9. The lowest BCUT2D eigenvalue weighted by Crippen LogP contribution is -2.15. The van der Waals surface area contributed by atoms with Crippen molar-refractivity contribution in [1.29, 1.82) is 0 Å². The number of para-hydroxylation sites is 1. The molecule has 0 heterocycles. The molecule has 104 valence electrons. The highest BCUT2D eigenvalue weighted by atomic mass is 35.5. The van der Waals surface area contributed by atoms with Gasteiger partial charge in [0.25, 0.3) is 0 Å². The largest absolute Gasteiger partial charge is 0.488 e. The van der Waals surface area contributed by atoms with Gasteiger partial charge in [0.05, 0.1) is 5.56 Å². The first-order chi connectivity index (χ1) is 9.61. The number of ether oxygens (including phenoxy) is 1. The lowest BCUT2D eigenvalue weighted by atomic mass is 10.1. The Labute approximate surface area is 122 Å². The molecule has 0 spiro atoms. The van der Waals surface area contributed by atoms with Crippen LogP contribution in [0.4, 0.5) is 0 Å². The predicted molar refractivity (Wildman–Crippen MR) is 79.5 cm³/mol. The fourth-order valence-electron chi connectivity index (χ4n) is 1.88. The average Bonchev–Trinajstić information content (AvgIpc) is 2.45. The molecular weight excluding hydrogens is 276 g/mol. The summed E-state index contributed by atoms with van der Waals surface area (Å²) < 4.78 is 5.80. The molecule has 4 nitrogen and oxygen atoms in total. The van der Waals surface area contributed by atoms with Gasteiger partial charge in [0, 0.05) is 5.02 Å². The minimum Gasteiger partial charge on any atom is -0.488 e. The SMILES string of the molecule is Cc1cccc(/C(N)=N/O)c1OCc1cccc(Cl)c1. The molecule has 0 aliphatic rings. The Balaban J connectivity index is 2.25. The molecule has 0 aliphatic carbocycles. The Hall–Kier alpha value is -2.20. The van der Waals surface area contributed by atoms with Gasteiger partial charge in [0.15, 0.2) is 5.84 Å². The fourth-order valence-corrected chi connectivity index (χ4v) is 2.09. The number of amidine groups is 1. The van der Waals surface area contributed by atoms with Gasteiger partial charge in [0.1, 0.15) is 12.4 Å². The van der Waals surface area contributed by atoms with Crippen LogP contribution < -0.4 is 10.5 Å². The van der Waals surface area contributed by atoms with Crippen LogP contribution >= 0.6 is 11.6 Å². The van der Waals surface area contributed by atoms with Gasteiger partial charge in [-0.2, -0.15) is 0 Å². The van der Waals surface area contributed by atoms with Crippen molar-refractivity contribution < 1.29 is 9.94 Å². The molecule has 5 heteroatoms. The van der Waals surface area contributed by atoms with Gasteiger partial charge in [0.2, 0.25) is 0 Å². The molecule has 2 rings (SSSR count). The minimum absolute atomic E-state index is 0.0230. The van der Waals surface area contributed by atoms with Crippen LogP contribution in [0.5, 0.6) is 5.75 Å². The highest BCUT2D eigenvalue weighted by molar-refractivity contribution is 6.30.